The number of amides is 3. The first-order valence-electron chi connectivity index (χ1n) is 6.97. The van der Waals surface area contributed by atoms with Gasteiger partial charge in [-0.3, -0.25) is 19.4 Å². The Labute approximate surface area is 142 Å². The molecule has 23 heavy (non-hydrogen) atoms. The molecule has 0 spiro atoms. The molecule has 7 heteroatoms. The van der Waals surface area contributed by atoms with Gasteiger partial charge in [-0.15, -0.1) is 11.3 Å². The van der Waals surface area contributed by atoms with Crippen LogP contribution in [0.2, 0.25) is 4.34 Å². The second kappa shape index (κ2) is 6.14. The van der Waals surface area contributed by atoms with Gasteiger partial charge in [0.1, 0.15) is 6.04 Å². The van der Waals surface area contributed by atoms with Crippen molar-refractivity contribution in [3.63, 3.8) is 0 Å². The summed E-state index contributed by atoms with van der Waals surface area (Å²) in [6, 6.07) is 11.0. The smallest absolute Gasteiger partial charge is 0.291 e. The Kier molecular flexibility index (Phi) is 4.19. The standard InChI is InChI=1S/C16H13ClN2O3S/c1-10-15(21)18(9-12(20)13-7-8-14(17)23-13)16(22)19(10)11-5-3-2-4-6-11/h2-8,10H,9H2,1H3. The lowest BCUT2D eigenvalue weighted by Gasteiger charge is -2.19. The minimum absolute atomic E-state index is 0.276. The first-order chi connectivity index (χ1) is 11.0. The number of thiophene rings is 1. The average Bonchev–Trinajstić information content (AvgIpc) is 3.06. The Morgan fingerprint density at radius 3 is 2.48 bits per heavy atom. The molecule has 3 rings (SSSR count). The summed E-state index contributed by atoms with van der Waals surface area (Å²) in [5, 5.41) is 0. The zero-order chi connectivity index (χ0) is 16.6. The zero-order valence-electron chi connectivity index (χ0n) is 12.2. The SMILES string of the molecule is CC1C(=O)N(CC(=O)c2ccc(Cl)s2)C(=O)N1c1ccccc1. The second-order valence-electron chi connectivity index (χ2n) is 5.12. The number of para-hydroxylation sites is 1. The average molecular weight is 349 g/mol. The van der Waals surface area contributed by atoms with Crippen molar-refractivity contribution in [1.82, 2.24) is 4.90 Å². The maximum atomic E-state index is 12.6. The Morgan fingerprint density at radius 2 is 1.87 bits per heavy atom. The third-order valence-corrected chi connectivity index (χ3v) is 4.90. The summed E-state index contributed by atoms with van der Waals surface area (Å²) in [7, 11) is 0. The largest absolute Gasteiger partial charge is 0.332 e. The van der Waals surface area contributed by atoms with Crippen LogP contribution >= 0.6 is 22.9 Å². The van der Waals surface area contributed by atoms with E-state index < -0.39 is 12.1 Å². The van der Waals surface area contributed by atoms with Crippen LogP contribution in [0.15, 0.2) is 42.5 Å². The predicted octanol–water partition coefficient (Wildman–Crippen LogP) is 3.44. The van der Waals surface area contributed by atoms with Crippen LogP contribution in [-0.4, -0.2) is 35.2 Å². The van der Waals surface area contributed by atoms with Gasteiger partial charge < -0.3 is 0 Å². The first-order valence-corrected chi connectivity index (χ1v) is 8.16. The van der Waals surface area contributed by atoms with Gasteiger partial charge in [-0.2, -0.15) is 0 Å². The number of carbonyl (C=O) groups is 3. The van der Waals surface area contributed by atoms with Gasteiger partial charge in [0.05, 0.1) is 15.8 Å². The molecular formula is C16H13ClN2O3S. The lowest BCUT2D eigenvalue weighted by molar-refractivity contribution is -0.126. The van der Waals surface area contributed by atoms with Crippen molar-refractivity contribution in [3.05, 3.63) is 51.7 Å². The lowest BCUT2D eigenvalue weighted by atomic mass is 10.2. The van der Waals surface area contributed by atoms with Gasteiger partial charge in [0, 0.05) is 5.69 Å². The van der Waals surface area contributed by atoms with Gasteiger partial charge in [0.15, 0.2) is 5.78 Å². The van der Waals surface area contributed by atoms with Crippen LogP contribution in [0.1, 0.15) is 16.6 Å². The molecule has 1 saturated heterocycles. The summed E-state index contributed by atoms with van der Waals surface area (Å²) in [6.45, 7) is 1.38. The number of Topliss-reactive ketones (excluding diaryl/α,β-unsaturated/α-hetero) is 1. The molecule has 3 amide bonds. The molecule has 118 valence electrons. The number of rotatable bonds is 4. The second-order valence-corrected chi connectivity index (χ2v) is 6.83. The molecular weight excluding hydrogens is 336 g/mol. The van der Waals surface area contributed by atoms with Crippen molar-refractivity contribution in [2.24, 2.45) is 0 Å². The van der Waals surface area contributed by atoms with E-state index in [1.54, 1.807) is 43.3 Å². The fourth-order valence-electron chi connectivity index (χ4n) is 2.48. The van der Waals surface area contributed by atoms with E-state index in [4.69, 9.17) is 11.6 Å². The number of carbonyl (C=O) groups excluding carboxylic acids is 3. The van der Waals surface area contributed by atoms with Crippen molar-refractivity contribution >= 4 is 46.3 Å². The Balaban J connectivity index is 1.82. The van der Waals surface area contributed by atoms with E-state index in [1.165, 1.54) is 4.90 Å². The molecule has 0 saturated carbocycles. The molecule has 0 aliphatic carbocycles. The highest BCUT2D eigenvalue weighted by Crippen LogP contribution is 2.27. The Hall–Kier alpha value is -2.18. The summed E-state index contributed by atoms with van der Waals surface area (Å²) < 4.78 is 0.492. The van der Waals surface area contributed by atoms with Gasteiger partial charge in [-0.05, 0) is 31.2 Å². The fourth-order valence-corrected chi connectivity index (χ4v) is 3.45. The Morgan fingerprint density at radius 1 is 1.17 bits per heavy atom. The number of nitrogens with zero attached hydrogens (tertiary/aromatic N) is 2. The molecule has 2 heterocycles. The third-order valence-electron chi connectivity index (χ3n) is 3.63. The van der Waals surface area contributed by atoms with Crippen molar-refractivity contribution in [1.29, 1.82) is 0 Å². The van der Waals surface area contributed by atoms with E-state index in [9.17, 15) is 14.4 Å². The minimum atomic E-state index is -0.635. The highest BCUT2D eigenvalue weighted by Gasteiger charge is 2.44. The molecule has 1 aromatic carbocycles. The monoisotopic (exact) mass is 348 g/mol. The maximum Gasteiger partial charge on any atom is 0.332 e. The predicted molar refractivity (Wildman–Crippen MR) is 89.2 cm³/mol. The number of imide groups is 1. The molecule has 0 radical (unpaired) electrons. The van der Waals surface area contributed by atoms with Crippen molar-refractivity contribution in [2.45, 2.75) is 13.0 Å². The lowest BCUT2D eigenvalue weighted by Crippen LogP contribution is -2.36. The normalized spacial score (nSPS) is 17.9. The van der Waals surface area contributed by atoms with Gasteiger partial charge >= 0.3 is 6.03 Å². The minimum Gasteiger partial charge on any atom is -0.291 e. The molecule has 1 aromatic heterocycles. The summed E-state index contributed by atoms with van der Waals surface area (Å²) in [5.41, 5.74) is 0.632. The zero-order valence-corrected chi connectivity index (χ0v) is 13.8. The van der Waals surface area contributed by atoms with E-state index in [0.717, 1.165) is 16.2 Å². The molecule has 1 fully saturated rings. The maximum absolute atomic E-state index is 12.6. The van der Waals surface area contributed by atoms with Gasteiger partial charge in [-0.1, -0.05) is 29.8 Å². The summed E-state index contributed by atoms with van der Waals surface area (Å²) in [5.74, 6) is -0.680. The molecule has 2 aromatic rings. The molecule has 1 aliphatic heterocycles. The number of hydrogen-bond acceptors (Lipinski definition) is 4. The van der Waals surface area contributed by atoms with Crippen LogP contribution in [0.5, 0.6) is 0 Å². The number of halogens is 1. The van der Waals surface area contributed by atoms with E-state index in [-0.39, 0.29) is 18.2 Å². The number of anilines is 1. The molecule has 5 nitrogen and oxygen atoms in total. The van der Waals surface area contributed by atoms with Crippen LogP contribution in [0.3, 0.4) is 0 Å². The summed E-state index contributed by atoms with van der Waals surface area (Å²) in [6.07, 6.45) is 0. The molecule has 0 bridgehead atoms. The number of hydrogen-bond donors (Lipinski definition) is 0. The first kappa shape index (κ1) is 15.7. The van der Waals surface area contributed by atoms with Crippen LogP contribution in [0.25, 0.3) is 0 Å². The molecule has 1 aliphatic rings. The van der Waals surface area contributed by atoms with Crippen molar-refractivity contribution in [3.8, 4) is 0 Å². The van der Waals surface area contributed by atoms with Gasteiger partial charge in [-0.25, -0.2) is 4.79 Å². The van der Waals surface area contributed by atoms with Crippen molar-refractivity contribution in [2.75, 3.05) is 11.4 Å². The molecule has 1 atom stereocenters. The number of ketones is 1. The van der Waals surface area contributed by atoms with Crippen LogP contribution in [-0.2, 0) is 4.79 Å². The third kappa shape index (κ3) is 2.87. The molecule has 1 unspecified atom stereocenters. The summed E-state index contributed by atoms with van der Waals surface area (Å²) in [4.78, 5) is 40.0. The van der Waals surface area contributed by atoms with Gasteiger partial charge in [0.2, 0.25) is 0 Å². The molecule has 0 N–H and O–H groups in total. The number of benzene rings is 1. The van der Waals surface area contributed by atoms with E-state index in [0.29, 0.717) is 14.9 Å². The number of urea groups is 1. The van der Waals surface area contributed by atoms with E-state index in [2.05, 4.69) is 0 Å². The van der Waals surface area contributed by atoms with Crippen molar-refractivity contribution < 1.29 is 14.4 Å². The topological polar surface area (TPSA) is 57.7 Å². The van der Waals surface area contributed by atoms with Crippen LogP contribution < -0.4 is 4.90 Å². The van der Waals surface area contributed by atoms with E-state index >= 15 is 0 Å². The Bertz CT molecular complexity index is 775. The van der Waals surface area contributed by atoms with E-state index in [1.807, 2.05) is 6.07 Å². The van der Waals surface area contributed by atoms with Crippen LogP contribution in [0, 0.1) is 0 Å². The quantitative estimate of drug-likeness (QED) is 0.628. The summed E-state index contributed by atoms with van der Waals surface area (Å²) >= 11 is 6.95. The highest BCUT2D eigenvalue weighted by molar-refractivity contribution is 7.18. The fraction of sp³-hybridized carbons (Fsp3) is 0.188. The highest BCUT2D eigenvalue weighted by atomic mass is 35.5. The van der Waals surface area contributed by atoms with Gasteiger partial charge in [0.25, 0.3) is 5.91 Å². The van der Waals surface area contributed by atoms with Crippen LogP contribution in [0.4, 0.5) is 10.5 Å².